The van der Waals surface area contributed by atoms with Crippen LogP contribution in [0.15, 0.2) is 9.79 Å². The summed E-state index contributed by atoms with van der Waals surface area (Å²) in [4.78, 5) is 33.5. The summed E-state index contributed by atoms with van der Waals surface area (Å²) in [6.45, 7) is 2.19. The van der Waals surface area contributed by atoms with Crippen LogP contribution in [0.1, 0.15) is 19.8 Å². The second-order valence-electron chi connectivity index (χ2n) is 3.73. The fraction of sp³-hybridized carbons (Fsp3) is 0.400. The molecule has 0 spiro atoms. The van der Waals surface area contributed by atoms with Crippen LogP contribution in [-0.2, 0) is 4.79 Å². The third-order valence-electron chi connectivity index (χ3n) is 2.38. The molecule has 7 heteroatoms. The van der Waals surface area contributed by atoms with Crippen LogP contribution in [0.3, 0.4) is 0 Å². The van der Waals surface area contributed by atoms with E-state index < -0.39 is 5.56 Å². The Morgan fingerprint density at radius 2 is 2.29 bits per heavy atom. The van der Waals surface area contributed by atoms with Gasteiger partial charge in [0.15, 0.2) is 17.3 Å². The predicted molar refractivity (Wildman–Crippen MR) is 64.8 cm³/mol. The van der Waals surface area contributed by atoms with Crippen molar-refractivity contribution in [3.8, 4) is 0 Å². The van der Waals surface area contributed by atoms with Gasteiger partial charge in [0.2, 0.25) is 5.95 Å². The minimum absolute atomic E-state index is 0.0276. The molecule has 0 saturated heterocycles. The predicted octanol–water partition coefficient (Wildman–Crippen LogP) is 0.219. The van der Waals surface area contributed by atoms with Gasteiger partial charge in [-0.25, -0.2) is 4.99 Å². The zero-order valence-electron chi connectivity index (χ0n) is 9.41. The number of nitrogens with one attached hydrogen (secondary N) is 2. The Hall–Kier alpha value is -2.18. The van der Waals surface area contributed by atoms with E-state index in [9.17, 15) is 9.59 Å². The lowest BCUT2D eigenvalue weighted by atomic mass is 10.1. The van der Waals surface area contributed by atoms with E-state index in [4.69, 9.17) is 5.73 Å². The molecule has 0 fully saturated rings. The van der Waals surface area contributed by atoms with Crippen LogP contribution >= 0.6 is 0 Å². The fourth-order valence-corrected chi connectivity index (χ4v) is 1.59. The highest BCUT2D eigenvalue weighted by Gasteiger charge is 2.20. The molecule has 4 N–H and O–H groups in total. The van der Waals surface area contributed by atoms with Crippen molar-refractivity contribution in [3.05, 3.63) is 10.4 Å². The zero-order chi connectivity index (χ0) is 12.4. The van der Waals surface area contributed by atoms with Gasteiger partial charge >= 0.3 is 0 Å². The van der Waals surface area contributed by atoms with Crippen LogP contribution < -0.4 is 16.6 Å². The Morgan fingerprint density at radius 3 is 3.00 bits per heavy atom. The second-order valence-corrected chi connectivity index (χ2v) is 3.73. The number of rotatable bonds is 3. The summed E-state index contributed by atoms with van der Waals surface area (Å²) >= 11 is 0. The summed E-state index contributed by atoms with van der Waals surface area (Å²) in [5.41, 5.74) is 5.43. The fourth-order valence-electron chi connectivity index (χ4n) is 1.59. The smallest absolute Gasteiger partial charge is 0.280 e. The molecular formula is C10H13N5O2. The van der Waals surface area contributed by atoms with Gasteiger partial charge < -0.3 is 11.1 Å². The van der Waals surface area contributed by atoms with Gasteiger partial charge in [0.25, 0.3) is 5.56 Å². The number of Topliss-reactive ketones (excluding diaryl/α,β-unsaturated/α-hetero) is 1. The molecule has 17 heavy (non-hydrogen) atoms. The number of anilines is 2. The van der Waals surface area contributed by atoms with Gasteiger partial charge in [0.1, 0.15) is 5.71 Å². The summed E-state index contributed by atoms with van der Waals surface area (Å²) in [6, 6.07) is 0. The van der Waals surface area contributed by atoms with E-state index in [2.05, 4.69) is 20.3 Å². The molecule has 0 saturated carbocycles. The van der Waals surface area contributed by atoms with Crippen LogP contribution in [0, 0.1) is 0 Å². The first-order chi connectivity index (χ1) is 8.11. The molecule has 0 amide bonds. The highest BCUT2D eigenvalue weighted by molar-refractivity contribution is 6.42. The van der Waals surface area contributed by atoms with Crippen molar-refractivity contribution in [2.75, 3.05) is 17.6 Å². The first-order valence-electron chi connectivity index (χ1n) is 5.36. The van der Waals surface area contributed by atoms with E-state index in [1.165, 1.54) is 0 Å². The Kier molecular flexibility index (Phi) is 2.90. The van der Waals surface area contributed by atoms with Gasteiger partial charge in [0.05, 0.1) is 6.54 Å². The number of aliphatic imine (C=N–C) groups is 1. The minimum atomic E-state index is -0.443. The molecule has 90 valence electrons. The molecule has 2 heterocycles. The van der Waals surface area contributed by atoms with Crippen LogP contribution in [0.5, 0.6) is 0 Å². The number of nitrogens with zero attached hydrogens (tertiary/aromatic N) is 2. The molecule has 1 aliphatic heterocycles. The van der Waals surface area contributed by atoms with Gasteiger partial charge in [-0.1, -0.05) is 6.92 Å². The molecule has 1 aromatic heterocycles. The number of carbonyl (C=O) groups is 1. The minimum Gasteiger partial charge on any atom is -0.369 e. The maximum absolute atomic E-state index is 11.7. The first-order valence-corrected chi connectivity index (χ1v) is 5.36. The van der Waals surface area contributed by atoms with E-state index in [-0.39, 0.29) is 24.0 Å². The van der Waals surface area contributed by atoms with Crippen LogP contribution in [0.2, 0.25) is 0 Å². The van der Waals surface area contributed by atoms with E-state index in [1.54, 1.807) is 0 Å². The van der Waals surface area contributed by atoms with Crippen molar-refractivity contribution in [3.63, 3.8) is 0 Å². The summed E-state index contributed by atoms with van der Waals surface area (Å²) < 4.78 is 0. The number of aromatic nitrogens is 2. The highest BCUT2D eigenvalue weighted by Crippen LogP contribution is 2.21. The van der Waals surface area contributed by atoms with E-state index in [0.29, 0.717) is 18.0 Å². The summed E-state index contributed by atoms with van der Waals surface area (Å²) in [5.74, 6) is 0.293. The number of hydrogen-bond donors (Lipinski definition) is 3. The average molecular weight is 235 g/mol. The molecule has 1 aliphatic rings. The second kappa shape index (κ2) is 4.36. The van der Waals surface area contributed by atoms with E-state index >= 15 is 0 Å². The number of fused-ring (bicyclic) bond motifs is 1. The summed E-state index contributed by atoms with van der Waals surface area (Å²) in [6.07, 6.45) is 1.18. The monoisotopic (exact) mass is 235 g/mol. The van der Waals surface area contributed by atoms with E-state index in [1.807, 2.05) is 6.92 Å². The molecule has 1 aromatic rings. The lowest BCUT2D eigenvalue weighted by Gasteiger charge is -2.15. The summed E-state index contributed by atoms with van der Waals surface area (Å²) in [5, 5.41) is 2.87. The van der Waals surface area contributed by atoms with Gasteiger partial charge in [0, 0.05) is 6.42 Å². The number of ketones is 1. The van der Waals surface area contributed by atoms with Gasteiger partial charge in [-0.15, -0.1) is 0 Å². The van der Waals surface area contributed by atoms with Gasteiger partial charge in [-0.3, -0.25) is 14.6 Å². The first kappa shape index (κ1) is 11.3. The Morgan fingerprint density at radius 1 is 1.53 bits per heavy atom. The average Bonchev–Trinajstić information content (AvgIpc) is 2.28. The van der Waals surface area contributed by atoms with Gasteiger partial charge in [-0.2, -0.15) is 4.98 Å². The number of aromatic amines is 1. The number of nitrogen functional groups attached to an aromatic ring is 1. The van der Waals surface area contributed by atoms with Crippen molar-refractivity contribution in [2.45, 2.75) is 19.8 Å². The zero-order valence-corrected chi connectivity index (χ0v) is 9.41. The standard InChI is InChI=1S/C10H13N5O2/c1-2-3-6(16)5-4-12-8-7(13-5)9(17)15-10(11)14-8/h2-4H2,1H3,(H4,11,12,14,15,17). The topological polar surface area (TPSA) is 113 Å². The molecule has 0 aromatic carbocycles. The van der Waals surface area contributed by atoms with Gasteiger partial charge in [-0.05, 0) is 6.42 Å². The molecular weight excluding hydrogens is 222 g/mol. The van der Waals surface area contributed by atoms with Crippen molar-refractivity contribution in [1.29, 1.82) is 0 Å². The van der Waals surface area contributed by atoms with Crippen molar-refractivity contribution in [2.24, 2.45) is 4.99 Å². The molecule has 0 bridgehead atoms. The lowest BCUT2D eigenvalue weighted by molar-refractivity contribution is -0.113. The van der Waals surface area contributed by atoms with Crippen molar-refractivity contribution >= 4 is 28.9 Å². The van der Waals surface area contributed by atoms with Crippen molar-refractivity contribution < 1.29 is 4.79 Å². The Labute approximate surface area is 97.2 Å². The lowest BCUT2D eigenvalue weighted by Crippen LogP contribution is -2.28. The molecule has 0 unspecified atom stereocenters. The Bertz CT molecular complexity index is 546. The molecule has 0 atom stereocenters. The van der Waals surface area contributed by atoms with Crippen molar-refractivity contribution in [1.82, 2.24) is 9.97 Å². The third kappa shape index (κ3) is 2.17. The number of H-pyrrole nitrogens is 1. The Balaban J connectivity index is 2.41. The van der Waals surface area contributed by atoms with Crippen LogP contribution in [0.4, 0.5) is 17.5 Å². The van der Waals surface area contributed by atoms with Crippen LogP contribution in [-0.4, -0.2) is 28.0 Å². The summed E-state index contributed by atoms with van der Waals surface area (Å²) in [7, 11) is 0. The maximum Gasteiger partial charge on any atom is 0.280 e. The highest BCUT2D eigenvalue weighted by atomic mass is 16.1. The third-order valence-corrected chi connectivity index (χ3v) is 2.38. The number of nitrogens with two attached hydrogens (primary N) is 1. The maximum atomic E-state index is 11.7. The molecule has 0 radical (unpaired) electrons. The normalized spacial score (nSPS) is 13.6. The quantitative estimate of drug-likeness (QED) is 0.693. The SMILES string of the molecule is CCCC(=O)C1=Nc2c(nc(N)[nH]c2=O)NC1. The largest absolute Gasteiger partial charge is 0.369 e. The number of carbonyl (C=O) groups excluding carboxylic acids is 1. The van der Waals surface area contributed by atoms with Crippen LogP contribution in [0.25, 0.3) is 0 Å². The van der Waals surface area contributed by atoms with E-state index in [0.717, 1.165) is 6.42 Å². The molecule has 2 rings (SSSR count). The molecule has 0 aliphatic carbocycles. The number of hydrogen-bond acceptors (Lipinski definition) is 6. The molecule has 7 nitrogen and oxygen atoms in total.